The lowest BCUT2D eigenvalue weighted by Gasteiger charge is -2.32. The van der Waals surface area contributed by atoms with Crippen molar-refractivity contribution in [2.75, 3.05) is 31.6 Å². The van der Waals surface area contributed by atoms with Gasteiger partial charge in [-0.3, -0.25) is 13.9 Å². The number of nitrogens with one attached hydrogen (secondary N) is 1. The second-order valence-corrected chi connectivity index (χ2v) is 12.0. The first-order valence-corrected chi connectivity index (χ1v) is 14.8. The highest BCUT2D eigenvalue weighted by Crippen LogP contribution is 2.34. The summed E-state index contributed by atoms with van der Waals surface area (Å²) in [6.07, 6.45) is 0. The summed E-state index contributed by atoms with van der Waals surface area (Å²) in [6, 6.07) is 19.3. The van der Waals surface area contributed by atoms with Gasteiger partial charge in [0.1, 0.15) is 12.6 Å². The van der Waals surface area contributed by atoms with Crippen LogP contribution in [-0.2, 0) is 26.2 Å². The molecule has 0 heterocycles. The molecule has 2 amide bonds. The third-order valence-corrected chi connectivity index (χ3v) is 8.51. The van der Waals surface area contributed by atoms with E-state index in [1.54, 1.807) is 37.3 Å². The Morgan fingerprint density at radius 2 is 1.51 bits per heavy atom. The van der Waals surface area contributed by atoms with Crippen molar-refractivity contribution in [3.05, 3.63) is 83.9 Å². The number of sulfonamides is 1. The van der Waals surface area contributed by atoms with Crippen molar-refractivity contribution in [3.8, 4) is 11.5 Å². The predicted octanol–water partition coefficient (Wildman–Crippen LogP) is 4.40. The highest BCUT2D eigenvalue weighted by molar-refractivity contribution is 7.92. The lowest BCUT2D eigenvalue weighted by Crippen LogP contribution is -2.51. The van der Waals surface area contributed by atoms with Gasteiger partial charge in [0.25, 0.3) is 10.0 Å². The first-order valence-electron chi connectivity index (χ1n) is 13.4. The molecule has 0 bridgehead atoms. The molecule has 0 fully saturated rings. The van der Waals surface area contributed by atoms with E-state index in [0.717, 1.165) is 15.4 Å². The molecule has 1 atom stereocenters. The molecule has 0 radical (unpaired) electrons. The number of aryl methyl sites for hydroxylation is 1. The van der Waals surface area contributed by atoms with Gasteiger partial charge in [0, 0.05) is 19.2 Å². The quantitative estimate of drug-likeness (QED) is 0.321. The smallest absolute Gasteiger partial charge is 0.264 e. The van der Waals surface area contributed by atoms with E-state index in [1.165, 1.54) is 37.3 Å². The molecule has 41 heavy (non-hydrogen) atoms. The molecule has 0 aromatic heterocycles. The Hall–Kier alpha value is -4.05. The van der Waals surface area contributed by atoms with Gasteiger partial charge in [-0.1, -0.05) is 56.3 Å². The highest BCUT2D eigenvalue weighted by atomic mass is 32.2. The number of amides is 2. The minimum atomic E-state index is -4.19. The van der Waals surface area contributed by atoms with Crippen LogP contribution in [0.5, 0.6) is 11.5 Å². The van der Waals surface area contributed by atoms with Crippen molar-refractivity contribution >= 4 is 27.5 Å². The summed E-state index contributed by atoms with van der Waals surface area (Å²) < 4.78 is 39.7. The summed E-state index contributed by atoms with van der Waals surface area (Å²) in [7, 11) is -1.26. The minimum absolute atomic E-state index is 0.0239. The molecule has 1 N–H and O–H groups in total. The number of anilines is 1. The third kappa shape index (κ3) is 7.79. The monoisotopic (exact) mass is 581 g/mol. The molecule has 3 aromatic rings. The van der Waals surface area contributed by atoms with Gasteiger partial charge in [-0.15, -0.1) is 0 Å². The zero-order valence-electron chi connectivity index (χ0n) is 24.5. The Kier molecular flexibility index (Phi) is 10.8. The Bertz CT molecular complexity index is 1440. The van der Waals surface area contributed by atoms with E-state index in [2.05, 4.69) is 5.32 Å². The van der Waals surface area contributed by atoms with Crippen molar-refractivity contribution in [1.29, 1.82) is 0 Å². The number of hydrogen-bond donors (Lipinski definition) is 1. The molecular weight excluding hydrogens is 542 g/mol. The first kappa shape index (κ1) is 31.5. The van der Waals surface area contributed by atoms with Gasteiger partial charge in [0.05, 0.1) is 24.8 Å². The maximum atomic E-state index is 14.1. The van der Waals surface area contributed by atoms with E-state index in [4.69, 9.17) is 9.47 Å². The van der Waals surface area contributed by atoms with Gasteiger partial charge < -0.3 is 19.7 Å². The van der Waals surface area contributed by atoms with Crippen LogP contribution >= 0.6 is 0 Å². The lowest BCUT2D eigenvalue weighted by atomic mass is 10.1. The number of methoxy groups -OCH3 is 2. The Morgan fingerprint density at radius 3 is 2.12 bits per heavy atom. The molecule has 1 unspecified atom stereocenters. The van der Waals surface area contributed by atoms with Crippen LogP contribution in [0.15, 0.2) is 77.7 Å². The number of carbonyl (C=O) groups is 2. The fourth-order valence-corrected chi connectivity index (χ4v) is 5.66. The van der Waals surface area contributed by atoms with Crippen molar-refractivity contribution in [2.24, 2.45) is 5.92 Å². The molecule has 0 spiro atoms. The number of benzene rings is 3. The van der Waals surface area contributed by atoms with E-state index < -0.39 is 28.5 Å². The average molecular weight is 582 g/mol. The number of carbonyl (C=O) groups excluding carboxylic acids is 2. The largest absolute Gasteiger partial charge is 0.493 e. The Labute approximate surface area is 243 Å². The van der Waals surface area contributed by atoms with Crippen LogP contribution in [0.1, 0.15) is 31.9 Å². The third-order valence-electron chi connectivity index (χ3n) is 6.72. The molecule has 3 rings (SSSR count). The molecule has 0 saturated heterocycles. The highest BCUT2D eigenvalue weighted by Gasteiger charge is 2.33. The van der Waals surface area contributed by atoms with Gasteiger partial charge in [-0.2, -0.15) is 0 Å². The van der Waals surface area contributed by atoms with Crippen LogP contribution in [0.3, 0.4) is 0 Å². The van der Waals surface area contributed by atoms with Crippen molar-refractivity contribution in [2.45, 2.75) is 45.2 Å². The van der Waals surface area contributed by atoms with Crippen LogP contribution in [0.25, 0.3) is 0 Å². The standard InChI is InChI=1S/C31H39N3O6S/c1-22(2)19-32-31(36)24(4)33(20-25-13-11-10-12-23(25)3)30(35)21-34(41(37,38)27-14-8-7-9-15-27)26-16-17-28(39-5)29(18-26)40-6/h7-18,22,24H,19-21H2,1-6H3,(H,32,36). The minimum Gasteiger partial charge on any atom is -0.493 e. The summed E-state index contributed by atoms with van der Waals surface area (Å²) in [5, 5.41) is 2.89. The van der Waals surface area contributed by atoms with Crippen molar-refractivity contribution < 1.29 is 27.5 Å². The summed E-state index contributed by atoms with van der Waals surface area (Å²) in [5.41, 5.74) is 2.02. The topological polar surface area (TPSA) is 105 Å². The molecule has 0 aliphatic heterocycles. The lowest BCUT2D eigenvalue weighted by molar-refractivity contribution is -0.139. The van der Waals surface area contributed by atoms with Crippen LogP contribution in [0, 0.1) is 12.8 Å². The van der Waals surface area contributed by atoms with Gasteiger partial charge >= 0.3 is 0 Å². The van der Waals surface area contributed by atoms with Gasteiger partial charge in [-0.05, 0) is 55.2 Å². The summed E-state index contributed by atoms with van der Waals surface area (Å²) >= 11 is 0. The van der Waals surface area contributed by atoms with E-state index in [-0.39, 0.29) is 29.0 Å². The zero-order chi connectivity index (χ0) is 30.2. The number of ether oxygens (including phenoxy) is 2. The van der Waals surface area contributed by atoms with Crippen molar-refractivity contribution in [1.82, 2.24) is 10.2 Å². The molecule has 220 valence electrons. The van der Waals surface area contributed by atoms with E-state index >= 15 is 0 Å². The van der Waals surface area contributed by atoms with E-state index in [9.17, 15) is 18.0 Å². The Balaban J connectivity index is 2.07. The van der Waals surface area contributed by atoms with Crippen LogP contribution < -0.4 is 19.1 Å². The fraction of sp³-hybridized carbons (Fsp3) is 0.355. The summed E-state index contributed by atoms with van der Waals surface area (Å²) in [5.74, 6) is 0.0994. The number of nitrogens with zero attached hydrogens (tertiary/aromatic N) is 2. The number of hydrogen-bond acceptors (Lipinski definition) is 6. The van der Waals surface area contributed by atoms with Crippen LogP contribution in [0.4, 0.5) is 5.69 Å². The normalized spacial score (nSPS) is 12.0. The SMILES string of the molecule is COc1ccc(N(CC(=O)N(Cc2ccccc2C)C(C)C(=O)NCC(C)C)S(=O)(=O)c2ccccc2)cc1OC. The molecule has 0 aliphatic carbocycles. The second kappa shape index (κ2) is 14.0. The Morgan fingerprint density at radius 1 is 0.878 bits per heavy atom. The number of rotatable bonds is 13. The van der Waals surface area contributed by atoms with E-state index in [1.807, 2.05) is 45.0 Å². The molecule has 10 heteroatoms. The maximum absolute atomic E-state index is 14.1. The summed E-state index contributed by atoms with van der Waals surface area (Å²) in [4.78, 5) is 28.6. The average Bonchev–Trinajstić information content (AvgIpc) is 2.97. The molecule has 0 aliphatic rings. The van der Waals surface area contributed by atoms with Crippen molar-refractivity contribution in [3.63, 3.8) is 0 Å². The molecule has 3 aromatic carbocycles. The van der Waals surface area contributed by atoms with Gasteiger partial charge in [0.15, 0.2) is 11.5 Å². The first-order chi connectivity index (χ1) is 19.5. The van der Waals surface area contributed by atoms with Crippen LogP contribution in [0.2, 0.25) is 0 Å². The van der Waals surface area contributed by atoms with Gasteiger partial charge in [0.2, 0.25) is 11.8 Å². The molecular formula is C31H39N3O6S. The predicted molar refractivity (Wildman–Crippen MR) is 160 cm³/mol. The fourth-order valence-electron chi connectivity index (χ4n) is 4.23. The molecule has 0 saturated carbocycles. The molecule has 9 nitrogen and oxygen atoms in total. The van der Waals surface area contributed by atoms with Crippen LogP contribution in [-0.4, -0.2) is 58.5 Å². The van der Waals surface area contributed by atoms with E-state index in [0.29, 0.717) is 18.0 Å². The second-order valence-electron chi connectivity index (χ2n) is 10.1. The van der Waals surface area contributed by atoms with Gasteiger partial charge in [-0.25, -0.2) is 8.42 Å². The maximum Gasteiger partial charge on any atom is 0.264 e. The summed E-state index contributed by atoms with van der Waals surface area (Å²) in [6.45, 7) is 7.59. The zero-order valence-corrected chi connectivity index (χ0v) is 25.3.